The summed E-state index contributed by atoms with van der Waals surface area (Å²) < 4.78 is 0. The molecule has 1 aromatic heterocycles. The molecule has 0 radical (unpaired) electrons. The van der Waals surface area contributed by atoms with Crippen molar-refractivity contribution >= 4 is 17.2 Å². The molecule has 1 rings (SSSR count). The lowest BCUT2D eigenvalue weighted by Gasteiger charge is -2.25. The van der Waals surface area contributed by atoms with Gasteiger partial charge >= 0.3 is 0 Å². The summed E-state index contributed by atoms with van der Waals surface area (Å²) in [6, 6.07) is 2.15. The van der Waals surface area contributed by atoms with Crippen molar-refractivity contribution in [2.45, 2.75) is 40.2 Å². The summed E-state index contributed by atoms with van der Waals surface area (Å²) in [6.07, 6.45) is 0.966. The van der Waals surface area contributed by atoms with E-state index in [0.717, 1.165) is 28.3 Å². The fraction of sp³-hybridized carbons (Fsp3) is 0.533. The maximum Gasteiger partial charge on any atom is 0.264 e. The first-order valence-electron chi connectivity index (χ1n) is 6.61. The Morgan fingerprint density at radius 2 is 2.21 bits per heavy atom. The molecule has 0 aliphatic carbocycles. The van der Waals surface area contributed by atoms with Gasteiger partial charge in [0.1, 0.15) is 0 Å². The minimum Gasteiger partial charge on any atom is -0.336 e. The fourth-order valence-corrected chi connectivity index (χ4v) is 2.82. The van der Waals surface area contributed by atoms with E-state index in [4.69, 9.17) is 5.73 Å². The predicted octanol–water partition coefficient (Wildman–Crippen LogP) is 2.63. The Hall–Kier alpha value is -1.31. The van der Waals surface area contributed by atoms with E-state index in [9.17, 15) is 4.79 Å². The quantitative estimate of drug-likeness (QED) is 0.861. The average Bonchev–Trinajstić information content (AvgIpc) is 2.73. The van der Waals surface area contributed by atoms with Crippen molar-refractivity contribution in [3.63, 3.8) is 0 Å². The molecule has 1 heterocycles. The minimum atomic E-state index is 0.103. The monoisotopic (exact) mass is 278 g/mol. The van der Waals surface area contributed by atoms with E-state index < -0.39 is 0 Å². The van der Waals surface area contributed by atoms with E-state index in [-0.39, 0.29) is 11.9 Å². The Morgan fingerprint density at radius 3 is 2.74 bits per heavy atom. The van der Waals surface area contributed by atoms with Gasteiger partial charge in [-0.2, -0.15) is 0 Å². The molecule has 1 aromatic rings. The summed E-state index contributed by atoms with van der Waals surface area (Å²) in [4.78, 5) is 16.1. The summed E-state index contributed by atoms with van der Waals surface area (Å²) in [6.45, 7) is 9.28. The van der Waals surface area contributed by atoms with Crippen LogP contribution in [0.4, 0.5) is 0 Å². The molecule has 2 N–H and O–H groups in total. The van der Waals surface area contributed by atoms with Crippen LogP contribution >= 0.6 is 11.3 Å². The van der Waals surface area contributed by atoms with Gasteiger partial charge in [0.15, 0.2) is 0 Å². The smallest absolute Gasteiger partial charge is 0.264 e. The standard InChI is InChI=1S/C15H22N2OS/c1-5-9-17(11(2)3)15(18)14-10-12(4)13(19-14)7-6-8-16/h10-11H,5,8-9,16H2,1-4H3. The second-order valence-corrected chi connectivity index (χ2v) is 5.77. The van der Waals surface area contributed by atoms with Gasteiger partial charge in [-0.05, 0) is 38.8 Å². The van der Waals surface area contributed by atoms with Gasteiger partial charge in [-0.1, -0.05) is 18.8 Å². The number of carbonyl (C=O) groups is 1. The zero-order chi connectivity index (χ0) is 14.4. The first-order valence-corrected chi connectivity index (χ1v) is 7.43. The molecular formula is C15H22N2OS. The third-order valence-electron chi connectivity index (χ3n) is 2.78. The van der Waals surface area contributed by atoms with Crippen molar-refractivity contribution in [3.8, 4) is 11.8 Å². The van der Waals surface area contributed by atoms with E-state index in [0.29, 0.717) is 6.54 Å². The normalized spacial score (nSPS) is 10.2. The average molecular weight is 278 g/mol. The Morgan fingerprint density at radius 1 is 1.53 bits per heavy atom. The van der Waals surface area contributed by atoms with Crippen LogP contribution in [0.5, 0.6) is 0 Å². The van der Waals surface area contributed by atoms with Crippen LogP contribution in [0.25, 0.3) is 0 Å². The highest BCUT2D eigenvalue weighted by molar-refractivity contribution is 7.14. The number of amides is 1. The Balaban J connectivity index is 2.99. The Bertz CT molecular complexity index is 494. The zero-order valence-electron chi connectivity index (χ0n) is 12.1. The van der Waals surface area contributed by atoms with Crippen LogP contribution in [0, 0.1) is 18.8 Å². The van der Waals surface area contributed by atoms with Gasteiger partial charge < -0.3 is 10.6 Å². The van der Waals surface area contributed by atoms with Crippen LogP contribution in [0.1, 0.15) is 47.3 Å². The number of carbonyl (C=O) groups excluding carboxylic acids is 1. The number of aryl methyl sites for hydroxylation is 1. The number of hydrogen-bond acceptors (Lipinski definition) is 3. The Kier molecular flexibility index (Phi) is 6.07. The Labute approximate surface area is 119 Å². The van der Waals surface area contributed by atoms with Crippen molar-refractivity contribution < 1.29 is 4.79 Å². The molecule has 3 nitrogen and oxygen atoms in total. The molecule has 0 aromatic carbocycles. The zero-order valence-corrected chi connectivity index (χ0v) is 12.9. The second kappa shape index (κ2) is 7.32. The van der Waals surface area contributed by atoms with Crippen molar-refractivity contribution in [2.75, 3.05) is 13.1 Å². The van der Waals surface area contributed by atoms with Gasteiger partial charge in [-0.25, -0.2) is 0 Å². The number of nitrogens with two attached hydrogens (primary N) is 1. The van der Waals surface area contributed by atoms with Crippen LogP contribution in [0.3, 0.4) is 0 Å². The highest BCUT2D eigenvalue weighted by atomic mass is 32.1. The number of hydrogen-bond donors (Lipinski definition) is 1. The summed E-state index contributed by atoms with van der Waals surface area (Å²) in [5.41, 5.74) is 6.43. The lowest BCUT2D eigenvalue weighted by atomic mass is 10.2. The molecule has 0 spiro atoms. The molecule has 0 saturated carbocycles. The van der Waals surface area contributed by atoms with E-state index in [2.05, 4.69) is 18.8 Å². The van der Waals surface area contributed by atoms with Gasteiger partial charge in [0.05, 0.1) is 16.3 Å². The van der Waals surface area contributed by atoms with Crippen molar-refractivity contribution in [1.82, 2.24) is 4.90 Å². The van der Waals surface area contributed by atoms with Gasteiger partial charge in [0.25, 0.3) is 5.91 Å². The maximum atomic E-state index is 12.5. The van der Waals surface area contributed by atoms with Crippen LogP contribution in [0.15, 0.2) is 6.07 Å². The first-order chi connectivity index (χ1) is 9.01. The van der Waals surface area contributed by atoms with Gasteiger partial charge in [0.2, 0.25) is 0 Å². The summed E-state index contributed by atoms with van der Waals surface area (Å²) in [7, 11) is 0. The molecule has 104 valence electrons. The topological polar surface area (TPSA) is 46.3 Å². The summed E-state index contributed by atoms with van der Waals surface area (Å²) in [5.74, 6) is 5.96. The third-order valence-corrected chi connectivity index (χ3v) is 3.92. The minimum absolute atomic E-state index is 0.103. The van der Waals surface area contributed by atoms with Crippen LogP contribution in [0.2, 0.25) is 0 Å². The van der Waals surface area contributed by atoms with E-state index in [1.54, 1.807) is 0 Å². The first kappa shape index (κ1) is 15.7. The van der Waals surface area contributed by atoms with Crippen molar-refractivity contribution in [3.05, 3.63) is 21.4 Å². The molecule has 0 fully saturated rings. The number of nitrogens with zero attached hydrogens (tertiary/aromatic N) is 1. The largest absolute Gasteiger partial charge is 0.336 e. The second-order valence-electron chi connectivity index (χ2n) is 4.72. The van der Waals surface area contributed by atoms with E-state index >= 15 is 0 Å². The lowest BCUT2D eigenvalue weighted by molar-refractivity contribution is 0.0711. The summed E-state index contributed by atoms with van der Waals surface area (Å²) >= 11 is 1.46. The molecule has 0 bridgehead atoms. The van der Waals surface area contributed by atoms with Crippen LogP contribution in [-0.2, 0) is 0 Å². The van der Waals surface area contributed by atoms with E-state index in [1.807, 2.05) is 31.7 Å². The van der Waals surface area contributed by atoms with Crippen LogP contribution in [-0.4, -0.2) is 29.9 Å². The highest BCUT2D eigenvalue weighted by Crippen LogP contribution is 2.23. The maximum absolute atomic E-state index is 12.5. The van der Waals surface area contributed by atoms with Gasteiger partial charge in [-0.15, -0.1) is 11.3 Å². The van der Waals surface area contributed by atoms with E-state index in [1.165, 1.54) is 11.3 Å². The molecule has 0 atom stereocenters. The highest BCUT2D eigenvalue weighted by Gasteiger charge is 2.20. The molecule has 0 aliphatic rings. The molecule has 1 amide bonds. The third kappa shape index (κ3) is 4.09. The van der Waals surface area contributed by atoms with Crippen molar-refractivity contribution in [2.24, 2.45) is 5.73 Å². The SMILES string of the molecule is CCCN(C(=O)c1cc(C)c(C#CCN)s1)C(C)C. The summed E-state index contributed by atoms with van der Waals surface area (Å²) in [5, 5.41) is 0. The molecular weight excluding hydrogens is 256 g/mol. The molecule has 0 aliphatic heterocycles. The fourth-order valence-electron chi connectivity index (χ4n) is 1.82. The molecule has 0 saturated heterocycles. The number of thiophene rings is 1. The predicted molar refractivity (Wildman–Crippen MR) is 81.5 cm³/mol. The van der Waals surface area contributed by atoms with Crippen molar-refractivity contribution in [1.29, 1.82) is 0 Å². The van der Waals surface area contributed by atoms with Crippen LogP contribution < -0.4 is 5.73 Å². The molecule has 19 heavy (non-hydrogen) atoms. The molecule has 4 heteroatoms. The molecule has 0 unspecified atom stereocenters. The van der Waals surface area contributed by atoms with Gasteiger partial charge in [-0.3, -0.25) is 4.79 Å². The number of rotatable bonds is 4. The lowest BCUT2D eigenvalue weighted by Crippen LogP contribution is -2.37. The van der Waals surface area contributed by atoms with Gasteiger partial charge in [0, 0.05) is 12.6 Å².